The smallest absolute Gasteiger partial charge is 0.413 e. The van der Waals surface area contributed by atoms with E-state index in [9.17, 15) is 9.59 Å². The van der Waals surface area contributed by atoms with Gasteiger partial charge in [0.1, 0.15) is 15.5 Å². The van der Waals surface area contributed by atoms with Crippen LogP contribution < -0.4 is 11.1 Å². The van der Waals surface area contributed by atoms with Gasteiger partial charge in [-0.25, -0.2) is 9.78 Å². The van der Waals surface area contributed by atoms with Crippen molar-refractivity contribution in [2.24, 2.45) is 5.73 Å². The van der Waals surface area contributed by atoms with E-state index >= 15 is 0 Å². The first-order valence-electron chi connectivity index (χ1n) is 6.62. The Morgan fingerprint density at radius 3 is 2.41 bits per heavy atom. The predicted molar refractivity (Wildman–Crippen MR) is 85.9 cm³/mol. The summed E-state index contributed by atoms with van der Waals surface area (Å²) in [5, 5.41) is 3.07. The van der Waals surface area contributed by atoms with Gasteiger partial charge in [0.05, 0.1) is 0 Å². The van der Waals surface area contributed by atoms with Gasteiger partial charge in [0.2, 0.25) is 0 Å². The van der Waals surface area contributed by atoms with Crippen LogP contribution in [0.25, 0.3) is 10.6 Å². The number of primary amides is 1. The molecule has 1 aromatic heterocycles. The predicted octanol–water partition coefficient (Wildman–Crippen LogP) is 3.26. The first-order chi connectivity index (χ1) is 10.3. The summed E-state index contributed by atoms with van der Waals surface area (Å²) in [6, 6.07) is 9.33. The number of thiazole rings is 1. The van der Waals surface area contributed by atoms with Crippen molar-refractivity contribution in [1.82, 2.24) is 4.98 Å². The van der Waals surface area contributed by atoms with Crippen LogP contribution in [0.2, 0.25) is 0 Å². The van der Waals surface area contributed by atoms with Gasteiger partial charge >= 0.3 is 6.09 Å². The summed E-state index contributed by atoms with van der Waals surface area (Å²) in [5.41, 5.74) is 5.54. The van der Waals surface area contributed by atoms with Crippen LogP contribution in [0.1, 0.15) is 30.4 Å². The van der Waals surface area contributed by atoms with Crippen molar-refractivity contribution in [3.63, 3.8) is 0 Å². The number of ether oxygens (including phenoxy) is 1. The van der Waals surface area contributed by atoms with Gasteiger partial charge in [-0.05, 0) is 20.8 Å². The summed E-state index contributed by atoms with van der Waals surface area (Å²) in [6.45, 7) is 5.24. The lowest BCUT2D eigenvalue weighted by Crippen LogP contribution is -2.28. The van der Waals surface area contributed by atoms with Gasteiger partial charge in [-0.2, -0.15) is 0 Å². The van der Waals surface area contributed by atoms with Crippen LogP contribution in [-0.2, 0) is 4.74 Å². The second kappa shape index (κ2) is 6.15. The molecule has 0 saturated heterocycles. The van der Waals surface area contributed by atoms with Gasteiger partial charge in [-0.15, -0.1) is 11.3 Å². The summed E-state index contributed by atoms with van der Waals surface area (Å²) in [5.74, 6) is -0.531. The third kappa shape index (κ3) is 4.05. The molecule has 0 unspecified atom stereocenters. The largest absolute Gasteiger partial charge is 0.444 e. The highest BCUT2D eigenvalue weighted by Crippen LogP contribution is 2.31. The maximum absolute atomic E-state index is 11.8. The second-order valence-electron chi connectivity index (χ2n) is 5.55. The van der Waals surface area contributed by atoms with Crippen LogP contribution in [0.5, 0.6) is 0 Å². The first-order valence-corrected chi connectivity index (χ1v) is 7.44. The Bertz CT molecular complexity index is 690. The molecule has 116 valence electrons. The third-order valence-corrected chi connectivity index (χ3v) is 3.61. The van der Waals surface area contributed by atoms with Gasteiger partial charge < -0.3 is 10.5 Å². The van der Waals surface area contributed by atoms with E-state index in [4.69, 9.17) is 10.5 Å². The average Bonchev–Trinajstić information content (AvgIpc) is 2.81. The molecule has 0 atom stereocenters. The fourth-order valence-corrected chi connectivity index (χ4v) is 2.55. The van der Waals surface area contributed by atoms with Crippen molar-refractivity contribution in [2.45, 2.75) is 26.4 Å². The average molecular weight is 319 g/mol. The molecular formula is C15H17N3O3S. The number of carbonyl (C=O) groups excluding carboxylic acids is 2. The van der Waals surface area contributed by atoms with Crippen LogP contribution in [0, 0.1) is 0 Å². The van der Waals surface area contributed by atoms with Crippen molar-refractivity contribution in [2.75, 3.05) is 5.32 Å². The fraction of sp³-hybridized carbons (Fsp3) is 0.267. The second-order valence-corrected chi connectivity index (χ2v) is 6.55. The summed E-state index contributed by atoms with van der Waals surface area (Å²) in [6.07, 6.45) is -0.681. The Morgan fingerprint density at radius 1 is 1.23 bits per heavy atom. The number of benzene rings is 1. The van der Waals surface area contributed by atoms with Crippen molar-refractivity contribution in [1.29, 1.82) is 0 Å². The minimum absolute atomic E-state index is 0.116. The highest BCUT2D eigenvalue weighted by molar-refractivity contribution is 7.17. The zero-order chi connectivity index (χ0) is 16.3. The SMILES string of the molecule is CC(C)(C)OC(=O)Nc1nc(-c2ccccc2)sc1C(N)=O. The van der Waals surface area contributed by atoms with Crippen molar-refractivity contribution >= 4 is 29.2 Å². The van der Waals surface area contributed by atoms with E-state index in [1.54, 1.807) is 20.8 Å². The van der Waals surface area contributed by atoms with Gasteiger partial charge in [-0.3, -0.25) is 10.1 Å². The third-order valence-electron chi connectivity index (χ3n) is 2.49. The lowest BCUT2D eigenvalue weighted by molar-refractivity contribution is 0.0635. The molecule has 0 aliphatic carbocycles. The van der Waals surface area contributed by atoms with Crippen LogP contribution in [-0.4, -0.2) is 22.6 Å². The summed E-state index contributed by atoms with van der Waals surface area (Å²) in [7, 11) is 0. The lowest BCUT2D eigenvalue weighted by Gasteiger charge is -2.19. The van der Waals surface area contributed by atoms with E-state index in [2.05, 4.69) is 10.3 Å². The number of hydrogen-bond acceptors (Lipinski definition) is 5. The van der Waals surface area contributed by atoms with E-state index in [1.165, 1.54) is 0 Å². The van der Waals surface area contributed by atoms with Crippen molar-refractivity contribution < 1.29 is 14.3 Å². The summed E-state index contributed by atoms with van der Waals surface area (Å²) < 4.78 is 5.15. The van der Waals surface area contributed by atoms with E-state index in [1.807, 2.05) is 30.3 Å². The van der Waals surface area contributed by atoms with E-state index in [0.717, 1.165) is 16.9 Å². The quantitative estimate of drug-likeness (QED) is 0.908. The number of amides is 2. The minimum Gasteiger partial charge on any atom is -0.444 e. The molecule has 0 fully saturated rings. The number of rotatable bonds is 3. The van der Waals surface area contributed by atoms with Crippen LogP contribution >= 0.6 is 11.3 Å². The Kier molecular flexibility index (Phi) is 4.46. The van der Waals surface area contributed by atoms with Crippen LogP contribution in [0.4, 0.5) is 10.6 Å². The van der Waals surface area contributed by atoms with Crippen molar-refractivity contribution in [3.05, 3.63) is 35.2 Å². The number of aromatic nitrogens is 1. The molecular weight excluding hydrogens is 302 g/mol. The first kappa shape index (κ1) is 16.0. The maximum atomic E-state index is 11.8. The zero-order valence-corrected chi connectivity index (χ0v) is 13.4. The van der Waals surface area contributed by atoms with Gasteiger partial charge in [-0.1, -0.05) is 30.3 Å². The van der Waals surface area contributed by atoms with E-state index in [-0.39, 0.29) is 10.7 Å². The summed E-state index contributed by atoms with van der Waals surface area (Å²) >= 11 is 1.12. The molecule has 0 radical (unpaired) electrons. The number of carbonyl (C=O) groups is 2. The normalized spacial score (nSPS) is 11.0. The molecule has 2 amide bonds. The molecule has 6 nitrogen and oxygen atoms in total. The molecule has 22 heavy (non-hydrogen) atoms. The summed E-state index contributed by atoms with van der Waals surface area (Å²) in [4.78, 5) is 27.8. The molecule has 0 aliphatic rings. The molecule has 3 N–H and O–H groups in total. The maximum Gasteiger partial charge on any atom is 0.413 e. The number of nitrogens with two attached hydrogens (primary N) is 1. The molecule has 1 heterocycles. The lowest BCUT2D eigenvalue weighted by atomic mass is 10.2. The molecule has 0 saturated carbocycles. The Labute approximate surface area is 132 Å². The molecule has 0 aliphatic heterocycles. The highest BCUT2D eigenvalue weighted by atomic mass is 32.1. The van der Waals surface area contributed by atoms with Gasteiger partial charge in [0.15, 0.2) is 5.82 Å². The number of nitrogens with zero attached hydrogens (tertiary/aromatic N) is 1. The zero-order valence-electron chi connectivity index (χ0n) is 12.5. The minimum atomic E-state index is -0.681. The van der Waals surface area contributed by atoms with E-state index in [0.29, 0.717) is 5.01 Å². The standard InChI is InChI=1S/C15H17N3O3S/c1-15(2,3)21-14(20)18-12-10(11(16)19)22-13(17-12)9-7-5-4-6-8-9/h4-8H,1-3H3,(H2,16,19)(H,18,20). The number of hydrogen-bond donors (Lipinski definition) is 2. The van der Waals surface area contributed by atoms with Crippen molar-refractivity contribution in [3.8, 4) is 10.6 Å². The molecule has 0 spiro atoms. The van der Waals surface area contributed by atoms with Gasteiger partial charge in [0.25, 0.3) is 5.91 Å². The molecule has 1 aromatic carbocycles. The topological polar surface area (TPSA) is 94.3 Å². The fourth-order valence-electron chi connectivity index (χ4n) is 1.68. The van der Waals surface area contributed by atoms with Crippen LogP contribution in [0.15, 0.2) is 30.3 Å². The Morgan fingerprint density at radius 2 is 1.86 bits per heavy atom. The monoisotopic (exact) mass is 319 g/mol. The molecule has 7 heteroatoms. The number of anilines is 1. The Balaban J connectivity index is 2.29. The molecule has 2 aromatic rings. The molecule has 2 rings (SSSR count). The molecule has 0 bridgehead atoms. The number of nitrogens with one attached hydrogen (secondary N) is 1. The highest BCUT2D eigenvalue weighted by Gasteiger charge is 2.22. The Hall–Kier alpha value is -2.41. The van der Waals surface area contributed by atoms with Gasteiger partial charge in [0, 0.05) is 5.56 Å². The van der Waals surface area contributed by atoms with Crippen LogP contribution in [0.3, 0.4) is 0 Å². The van der Waals surface area contributed by atoms with E-state index < -0.39 is 17.6 Å².